The normalized spacial score (nSPS) is 12.9. The number of nitrogens with one attached hydrogen (secondary N) is 2. The predicted molar refractivity (Wildman–Crippen MR) is 91.3 cm³/mol. The van der Waals surface area contributed by atoms with E-state index in [4.69, 9.17) is 5.21 Å². The molecule has 2 rings (SSSR count). The van der Waals surface area contributed by atoms with Crippen LogP contribution in [-0.4, -0.2) is 23.6 Å². The van der Waals surface area contributed by atoms with E-state index in [0.29, 0.717) is 13.0 Å². The van der Waals surface area contributed by atoms with Gasteiger partial charge in [-0.3, -0.25) is 14.8 Å². The third kappa shape index (κ3) is 4.43. The second-order valence-electron chi connectivity index (χ2n) is 5.93. The molecule has 5 nitrogen and oxygen atoms in total. The molecule has 0 spiro atoms. The first kappa shape index (κ1) is 17.7. The Labute approximate surface area is 141 Å². The van der Waals surface area contributed by atoms with E-state index in [0.717, 1.165) is 11.1 Å². The number of amides is 2. The molecule has 0 aliphatic rings. The number of benzene rings is 2. The number of hydroxylamine groups is 1. The predicted octanol–water partition coefficient (Wildman–Crippen LogP) is 2.10. The van der Waals surface area contributed by atoms with Crippen LogP contribution in [0.3, 0.4) is 0 Å². The van der Waals surface area contributed by atoms with Gasteiger partial charge in [-0.1, -0.05) is 60.7 Å². The molecule has 0 saturated heterocycles. The van der Waals surface area contributed by atoms with Crippen molar-refractivity contribution >= 4 is 11.8 Å². The molecule has 0 unspecified atom stereocenters. The number of rotatable bonds is 7. The van der Waals surface area contributed by atoms with Crippen LogP contribution in [0.4, 0.5) is 0 Å². The molecule has 0 fully saturated rings. The molecule has 0 bridgehead atoms. The molecular formula is C19H22N2O3. The summed E-state index contributed by atoms with van der Waals surface area (Å²) in [6.45, 7) is 1.95. The highest BCUT2D eigenvalue weighted by Crippen LogP contribution is 2.23. The quantitative estimate of drug-likeness (QED) is 0.414. The van der Waals surface area contributed by atoms with E-state index in [1.165, 1.54) is 6.92 Å². The van der Waals surface area contributed by atoms with Gasteiger partial charge < -0.3 is 5.32 Å². The Morgan fingerprint density at radius 2 is 1.46 bits per heavy atom. The van der Waals surface area contributed by atoms with Gasteiger partial charge in [0.05, 0.1) is 0 Å². The van der Waals surface area contributed by atoms with Crippen molar-refractivity contribution in [2.24, 2.45) is 5.41 Å². The second-order valence-corrected chi connectivity index (χ2v) is 5.93. The Hall–Kier alpha value is -2.66. The topological polar surface area (TPSA) is 78.4 Å². The first-order valence-corrected chi connectivity index (χ1v) is 7.87. The smallest absolute Gasteiger partial charge is 0.259 e. The summed E-state index contributed by atoms with van der Waals surface area (Å²) in [6.07, 6.45) is 0.881. The van der Waals surface area contributed by atoms with Crippen LogP contribution in [0.15, 0.2) is 60.7 Å². The Bertz CT molecular complexity index is 674. The molecule has 0 radical (unpaired) electrons. The minimum atomic E-state index is -1.38. The molecule has 2 aromatic carbocycles. The lowest BCUT2D eigenvalue weighted by atomic mass is 9.81. The molecule has 0 aliphatic carbocycles. The van der Waals surface area contributed by atoms with Gasteiger partial charge in [-0.2, -0.15) is 0 Å². The van der Waals surface area contributed by atoms with Crippen LogP contribution in [0.1, 0.15) is 18.1 Å². The van der Waals surface area contributed by atoms with Gasteiger partial charge in [0.1, 0.15) is 5.41 Å². The first-order chi connectivity index (χ1) is 11.6. The van der Waals surface area contributed by atoms with E-state index < -0.39 is 17.2 Å². The number of hydrogen-bond donors (Lipinski definition) is 3. The van der Waals surface area contributed by atoms with Gasteiger partial charge in [0.15, 0.2) is 0 Å². The lowest BCUT2D eigenvalue weighted by Gasteiger charge is -2.26. The number of carbonyl (C=O) groups is 2. The third-order valence-electron chi connectivity index (χ3n) is 4.05. The molecule has 3 N–H and O–H groups in total. The number of carbonyl (C=O) groups excluding carboxylic acids is 2. The molecule has 2 aromatic rings. The fourth-order valence-electron chi connectivity index (χ4n) is 2.55. The van der Waals surface area contributed by atoms with Crippen LogP contribution in [0.5, 0.6) is 0 Å². The largest absolute Gasteiger partial charge is 0.355 e. The summed E-state index contributed by atoms with van der Waals surface area (Å²) in [4.78, 5) is 24.7. The minimum Gasteiger partial charge on any atom is -0.355 e. The monoisotopic (exact) mass is 326 g/mol. The van der Waals surface area contributed by atoms with Crippen LogP contribution < -0.4 is 10.8 Å². The summed E-state index contributed by atoms with van der Waals surface area (Å²) in [6, 6.07) is 19.0. The maximum Gasteiger partial charge on any atom is 0.259 e. The Morgan fingerprint density at radius 1 is 0.917 bits per heavy atom. The molecule has 2 amide bonds. The van der Waals surface area contributed by atoms with Crippen LogP contribution in [0.2, 0.25) is 0 Å². The second kappa shape index (κ2) is 8.26. The van der Waals surface area contributed by atoms with Crippen LogP contribution in [0.25, 0.3) is 0 Å². The third-order valence-corrected chi connectivity index (χ3v) is 4.05. The van der Waals surface area contributed by atoms with E-state index >= 15 is 0 Å². The van der Waals surface area contributed by atoms with Gasteiger partial charge in [-0.15, -0.1) is 0 Å². The molecule has 24 heavy (non-hydrogen) atoms. The van der Waals surface area contributed by atoms with Gasteiger partial charge in [-0.05, 0) is 30.9 Å². The highest BCUT2D eigenvalue weighted by Gasteiger charge is 2.41. The lowest BCUT2D eigenvalue weighted by molar-refractivity contribution is -0.148. The van der Waals surface area contributed by atoms with E-state index in [1.54, 1.807) is 5.48 Å². The van der Waals surface area contributed by atoms with Crippen molar-refractivity contribution in [1.29, 1.82) is 0 Å². The molecule has 0 aliphatic heterocycles. The highest BCUT2D eigenvalue weighted by atomic mass is 16.5. The summed E-state index contributed by atoms with van der Waals surface area (Å²) >= 11 is 0. The van der Waals surface area contributed by atoms with Crippen LogP contribution in [0, 0.1) is 5.41 Å². The Kier molecular flexibility index (Phi) is 6.09. The van der Waals surface area contributed by atoms with Crippen molar-refractivity contribution in [3.8, 4) is 0 Å². The zero-order chi connectivity index (χ0) is 17.4. The fourth-order valence-corrected chi connectivity index (χ4v) is 2.55. The van der Waals surface area contributed by atoms with Crippen molar-refractivity contribution in [2.45, 2.75) is 19.8 Å². The van der Waals surface area contributed by atoms with E-state index in [9.17, 15) is 9.59 Å². The average Bonchev–Trinajstić information content (AvgIpc) is 2.62. The number of hydrogen-bond acceptors (Lipinski definition) is 3. The van der Waals surface area contributed by atoms with Crippen molar-refractivity contribution in [1.82, 2.24) is 10.8 Å². The molecule has 126 valence electrons. The van der Waals surface area contributed by atoms with Crippen molar-refractivity contribution in [3.63, 3.8) is 0 Å². The van der Waals surface area contributed by atoms with E-state index in [-0.39, 0.29) is 6.42 Å². The van der Waals surface area contributed by atoms with Crippen molar-refractivity contribution < 1.29 is 14.8 Å². The average molecular weight is 326 g/mol. The SMILES string of the molecule is C[C@](Cc1ccccc1)(C(=O)NO)C(=O)NCCc1ccccc1. The Balaban J connectivity index is 2.03. The molecule has 0 saturated carbocycles. The van der Waals surface area contributed by atoms with E-state index in [2.05, 4.69) is 5.32 Å². The summed E-state index contributed by atoms with van der Waals surface area (Å²) in [5.41, 5.74) is 2.19. The molecule has 0 aromatic heterocycles. The Morgan fingerprint density at radius 3 is 2.00 bits per heavy atom. The zero-order valence-corrected chi connectivity index (χ0v) is 13.7. The first-order valence-electron chi connectivity index (χ1n) is 7.87. The summed E-state index contributed by atoms with van der Waals surface area (Å²) in [7, 11) is 0. The standard InChI is InChI=1S/C19H22N2O3/c1-19(18(23)21-24,14-16-10-6-3-7-11-16)17(22)20-13-12-15-8-4-2-5-9-15/h2-11,24H,12-14H2,1H3,(H,20,22)(H,21,23)/t19-/m1/s1. The highest BCUT2D eigenvalue weighted by molar-refractivity contribution is 6.04. The molecular weight excluding hydrogens is 304 g/mol. The van der Waals surface area contributed by atoms with Gasteiger partial charge in [0.2, 0.25) is 5.91 Å². The van der Waals surface area contributed by atoms with E-state index in [1.807, 2.05) is 60.7 Å². The lowest BCUT2D eigenvalue weighted by Crippen LogP contribution is -2.50. The molecule has 5 heteroatoms. The van der Waals surface area contributed by atoms with Crippen molar-refractivity contribution in [3.05, 3.63) is 71.8 Å². The van der Waals surface area contributed by atoms with Gasteiger partial charge in [0, 0.05) is 6.54 Å². The van der Waals surface area contributed by atoms with Crippen LogP contribution >= 0.6 is 0 Å². The maximum absolute atomic E-state index is 12.6. The molecule has 0 heterocycles. The van der Waals surface area contributed by atoms with Gasteiger partial charge >= 0.3 is 0 Å². The summed E-state index contributed by atoms with van der Waals surface area (Å²) in [5, 5.41) is 11.8. The minimum absolute atomic E-state index is 0.206. The summed E-state index contributed by atoms with van der Waals surface area (Å²) < 4.78 is 0. The van der Waals surface area contributed by atoms with Gasteiger partial charge in [0.25, 0.3) is 5.91 Å². The summed E-state index contributed by atoms with van der Waals surface area (Å²) in [5.74, 6) is -1.13. The van der Waals surface area contributed by atoms with Gasteiger partial charge in [-0.25, -0.2) is 5.48 Å². The van der Waals surface area contributed by atoms with Crippen molar-refractivity contribution in [2.75, 3.05) is 6.54 Å². The molecule has 1 atom stereocenters. The zero-order valence-electron chi connectivity index (χ0n) is 13.7. The fraction of sp³-hybridized carbons (Fsp3) is 0.263. The maximum atomic E-state index is 12.6. The van der Waals surface area contributed by atoms with Crippen LogP contribution in [-0.2, 0) is 22.4 Å².